The van der Waals surface area contributed by atoms with Crippen LogP contribution in [0, 0.1) is 6.92 Å². The van der Waals surface area contributed by atoms with Crippen LogP contribution in [0.4, 0.5) is 5.95 Å². The molecule has 2 aliphatic rings. The molecule has 0 saturated carbocycles. The minimum absolute atomic E-state index is 0.180. The molecule has 0 unspecified atom stereocenters. The molecule has 1 amide bonds. The predicted octanol–water partition coefficient (Wildman–Crippen LogP) is 2.10. The number of amides is 1. The summed E-state index contributed by atoms with van der Waals surface area (Å²) in [7, 11) is 0. The predicted molar refractivity (Wildman–Crippen MR) is 98.8 cm³/mol. The van der Waals surface area contributed by atoms with Gasteiger partial charge in [-0.1, -0.05) is 24.3 Å². The standard InChI is InChI=1S/C20H24N4O2/c1-15-4-2-3-5-16(15)6-7-19(25)24-13-17-12-21-20(22-18(17)14-24)23-8-10-26-11-9-23/h2-5,12H,6-11,13-14H2,1H3. The fraction of sp³-hybridized carbons (Fsp3) is 0.450. The monoisotopic (exact) mass is 352 g/mol. The highest BCUT2D eigenvalue weighted by Crippen LogP contribution is 2.24. The van der Waals surface area contributed by atoms with Gasteiger partial charge in [0.25, 0.3) is 0 Å². The molecule has 0 radical (unpaired) electrons. The number of nitrogens with zero attached hydrogens (tertiary/aromatic N) is 4. The number of aromatic nitrogens is 2. The summed E-state index contributed by atoms with van der Waals surface area (Å²) in [5.74, 6) is 0.931. The van der Waals surface area contributed by atoms with Gasteiger partial charge in [-0.3, -0.25) is 4.79 Å². The van der Waals surface area contributed by atoms with Gasteiger partial charge in [0.1, 0.15) is 0 Å². The number of morpholine rings is 1. The number of hydrogen-bond acceptors (Lipinski definition) is 5. The Morgan fingerprint density at radius 2 is 2.00 bits per heavy atom. The Labute approximate surface area is 153 Å². The zero-order valence-corrected chi connectivity index (χ0v) is 15.1. The van der Waals surface area contributed by atoms with Crippen LogP contribution in [0.15, 0.2) is 30.5 Å². The second-order valence-electron chi connectivity index (χ2n) is 6.92. The molecule has 6 heteroatoms. The van der Waals surface area contributed by atoms with E-state index in [2.05, 4.69) is 28.9 Å². The summed E-state index contributed by atoms with van der Waals surface area (Å²) in [6.07, 6.45) is 3.19. The maximum absolute atomic E-state index is 12.6. The van der Waals surface area contributed by atoms with Crippen molar-refractivity contribution in [2.24, 2.45) is 0 Å². The summed E-state index contributed by atoms with van der Waals surface area (Å²) >= 11 is 0. The molecule has 1 aromatic carbocycles. The first-order chi connectivity index (χ1) is 12.7. The molecular formula is C20H24N4O2. The highest BCUT2D eigenvalue weighted by Gasteiger charge is 2.26. The maximum Gasteiger partial charge on any atom is 0.225 e. The molecule has 2 aliphatic heterocycles. The Morgan fingerprint density at radius 1 is 1.19 bits per heavy atom. The van der Waals surface area contributed by atoms with Gasteiger partial charge in [0.15, 0.2) is 0 Å². The van der Waals surface area contributed by atoms with Crippen molar-refractivity contribution in [1.29, 1.82) is 0 Å². The summed E-state index contributed by atoms with van der Waals surface area (Å²) < 4.78 is 5.38. The first-order valence-electron chi connectivity index (χ1n) is 9.20. The molecular weight excluding hydrogens is 328 g/mol. The van der Waals surface area contributed by atoms with E-state index in [9.17, 15) is 4.79 Å². The van der Waals surface area contributed by atoms with Crippen molar-refractivity contribution >= 4 is 11.9 Å². The Balaban J connectivity index is 1.38. The van der Waals surface area contributed by atoms with Crippen LogP contribution in [-0.2, 0) is 29.0 Å². The molecule has 0 aliphatic carbocycles. The molecule has 136 valence electrons. The van der Waals surface area contributed by atoms with Crippen LogP contribution < -0.4 is 4.90 Å². The van der Waals surface area contributed by atoms with E-state index in [-0.39, 0.29) is 5.91 Å². The normalized spacial score (nSPS) is 16.7. The number of benzene rings is 1. The molecule has 1 fully saturated rings. The minimum Gasteiger partial charge on any atom is -0.378 e. The smallest absolute Gasteiger partial charge is 0.225 e. The molecule has 4 rings (SSSR count). The SMILES string of the molecule is Cc1ccccc1CCC(=O)N1Cc2cnc(N3CCOCC3)nc2C1. The van der Waals surface area contributed by atoms with Gasteiger partial charge in [0.2, 0.25) is 11.9 Å². The van der Waals surface area contributed by atoms with Crippen molar-refractivity contribution in [2.45, 2.75) is 32.9 Å². The van der Waals surface area contributed by atoms with Crippen LogP contribution in [0.25, 0.3) is 0 Å². The lowest BCUT2D eigenvalue weighted by Crippen LogP contribution is -2.37. The highest BCUT2D eigenvalue weighted by molar-refractivity contribution is 5.77. The largest absolute Gasteiger partial charge is 0.378 e. The zero-order chi connectivity index (χ0) is 17.9. The third-order valence-corrected chi connectivity index (χ3v) is 5.16. The quantitative estimate of drug-likeness (QED) is 0.843. The number of carbonyl (C=O) groups excluding carboxylic acids is 1. The molecule has 0 N–H and O–H groups in total. The number of fused-ring (bicyclic) bond motifs is 1. The van der Waals surface area contributed by atoms with Crippen LogP contribution in [0.1, 0.15) is 28.8 Å². The van der Waals surface area contributed by atoms with Crippen molar-refractivity contribution < 1.29 is 9.53 Å². The second kappa shape index (κ2) is 7.41. The molecule has 0 atom stereocenters. The average Bonchev–Trinajstić information content (AvgIpc) is 3.11. The van der Waals surface area contributed by atoms with Gasteiger partial charge in [-0.15, -0.1) is 0 Å². The molecule has 0 bridgehead atoms. The van der Waals surface area contributed by atoms with E-state index in [1.165, 1.54) is 11.1 Å². The van der Waals surface area contributed by atoms with Gasteiger partial charge in [-0.2, -0.15) is 0 Å². The number of anilines is 1. The number of rotatable bonds is 4. The van der Waals surface area contributed by atoms with Gasteiger partial charge in [-0.25, -0.2) is 9.97 Å². The molecule has 0 spiro atoms. The van der Waals surface area contributed by atoms with Crippen LogP contribution >= 0.6 is 0 Å². The van der Waals surface area contributed by atoms with Crippen LogP contribution in [0.5, 0.6) is 0 Å². The summed E-state index contributed by atoms with van der Waals surface area (Å²) in [5, 5.41) is 0. The molecule has 1 aromatic heterocycles. The van der Waals surface area contributed by atoms with Crippen molar-refractivity contribution in [3.8, 4) is 0 Å². The Bertz CT molecular complexity index is 802. The Hall–Kier alpha value is -2.47. The fourth-order valence-corrected chi connectivity index (χ4v) is 3.53. The van der Waals surface area contributed by atoms with Crippen molar-refractivity contribution in [3.63, 3.8) is 0 Å². The summed E-state index contributed by atoms with van der Waals surface area (Å²) in [6, 6.07) is 8.25. The Morgan fingerprint density at radius 3 is 2.81 bits per heavy atom. The van der Waals surface area contributed by atoms with Gasteiger partial charge in [0, 0.05) is 37.8 Å². The lowest BCUT2D eigenvalue weighted by molar-refractivity contribution is -0.131. The van der Waals surface area contributed by atoms with E-state index in [0.29, 0.717) is 32.7 Å². The molecule has 3 heterocycles. The number of carbonyl (C=O) groups is 1. The van der Waals surface area contributed by atoms with Crippen molar-refractivity contribution in [3.05, 3.63) is 52.8 Å². The minimum atomic E-state index is 0.180. The van der Waals surface area contributed by atoms with Gasteiger partial charge in [0.05, 0.1) is 25.5 Å². The first-order valence-corrected chi connectivity index (χ1v) is 9.20. The van der Waals surface area contributed by atoms with E-state index in [1.54, 1.807) is 0 Å². The molecule has 26 heavy (non-hydrogen) atoms. The highest BCUT2D eigenvalue weighted by atomic mass is 16.5. The lowest BCUT2D eigenvalue weighted by atomic mass is 10.0. The van der Waals surface area contributed by atoms with Crippen molar-refractivity contribution in [1.82, 2.24) is 14.9 Å². The van der Waals surface area contributed by atoms with Gasteiger partial charge >= 0.3 is 0 Å². The summed E-state index contributed by atoms with van der Waals surface area (Å²) in [4.78, 5) is 25.9. The third-order valence-electron chi connectivity index (χ3n) is 5.16. The van der Waals surface area contributed by atoms with Gasteiger partial charge < -0.3 is 14.5 Å². The maximum atomic E-state index is 12.6. The molecule has 2 aromatic rings. The van der Waals surface area contributed by atoms with E-state index in [1.807, 2.05) is 23.2 Å². The van der Waals surface area contributed by atoms with E-state index < -0.39 is 0 Å². The second-order valence-corrected chi connectivity index (χ2v) is 6.92. The topological polar surface area (TPSA) is 58.6 Å². The summed E-state index contributed by atoms with van der Waals surface area (Å²) in [6.45, 7) is 6.35. The average molecular weight is 352 g/mol. The number of aryl methyl sites for hydroxylation is 2. The number of ether oxygens (including phenoxy) is 1. The van der Waals surface area contributed by atoms with Crippen LogP contribution in [0.3, 0.4) is 0 Å². The zero-order valence-electron chi connectivity index (χ0n) is 15.1. The molecule has 1 saturated heterocycles. The molecule has 6 nitrogen and oxygen atoms in total. The van der Waals surface area contributed by atoms with E-state index >= 15 is 0 Å². The lowest BCUT2D eigenvalue weighted by Gasteiger charge is -2.26. The van der Waals surface area contributed by atoms with Gasteiger partial charge in [-0.05, 0) is 24.5 Å². The first kappa shape index (κ1) is 17.0. The third kappa shape index (κ3) is 3.55. The van der Waals surface area contributed by atoms with E-state index in [0.717, 1.165) is 36.7 Å². The Kier molecular flexibility index (Phi) is 4.84. The summed E-state index contributed by atoms with van der Waals surface area (Å²) in [5.41, 5.74) is 4.52. The number of hydrogen-bond donors (Lipinski definition) is 0. The van der Waals surface area contributed by atoms with Crippen LogP contribution in [0.2, 0.25) is 0 Å². The fourth-order valence-electron chi connectivity index (χ4n) is 3.53. The van der Waals surface area contributed by atoms with Crippen molar-refractivity contribution in [2.75, 3.05) is 31.2 Å². The van der Waals surface area contributed by atoms with E-state index in [4.69, 9.17) is 9.72 Å². The van der Waals surface area contributed by atoms with Crippen LogP contribution in [-0.4, -0.2) is 47.1 Å².